The number of carbonyl (C=O) groups excluding carboxylic acids is 3. The molecule has 0 saturated carbocycles. The molecule has 0 aliphatic carbocycles. The third-order valence-electron chi connectivity index (χ3n) is 13.4. The molecule has 0 aromatic rings. The Kier molecular flexibility index (Phi) is 47.6. The molecule has 0 bridgehead atoms. The second-order valence-electron chi connectivity index (χ2n) is 19.7. The van der Waals surface area contributed by atoms with Gasteiger partial charge in [0.05, 0.1) is 0 Å². The Bertz CT molecular complexity index is 951. The van der Waals surface area contributed by atoms with E-state index in [1.165, 1.54) is 199 Å². The van der Waals surface area contributed by atoms with Crippen LogP contribution in [-0.2, 0) is 28.6 Å². The minimum absolute atomic E-state index is 0.0637. The van der Waals surface area contributed by atoms with Crippen LogP contribution in [0.2, 0.25) is 0 Å². The molecule has 0 fully saturated rings. The topological polar surface area (TPSA) is 78.9 Å². The van der Waals surface area contributed by atoms with Crippen LogP contribution in [-0.4, -0.2) is 37.2 Å². The number of carbonyl (C=O) groups is 3. The van der Waals surface area contributed by atoms with Crippen LogP contribution in [0.25, 0.3) is 0 Å². The van der Waals surface area contributed by atoms with Crippen molar-refractivity contribution in [3.05, 3.63) is 0 Å². The zero-order valence-corrected chi connectivity index (χ0v) is 42.5. The van der Waals surface area contributed by atoms with E-state index < -0.39 is 6.10 Å². The molecular weight excluding hydrogens is 769 g/mol. The van der Waals surface area contributed by atoms with Crippen LogP contribution >= 0.6 is 0 Å². The fourth-order valence-corrected chi connectivity index (χ4v) is 8.46. The SMILES string of the molecule is CCCCCCCCCCCCCCCCCCCCC(=O)OC[C@H](COC(=O)CCCCCCCCCCCCC(C)CC)OC(=O)CCCCCCCCCCC(C)CC. The summed E-state index contributed by atoms with van der Waals surface area (Å²) in [5.74, 6) is 0.869. The summed E-state index contributed by atoms with van der Waals surface area (Å²) in [7, 11) is 0. The number of unbranched alkanes of at least 4 members (excludes halogenated alkanes) is 33. The lowest BCUT2D eigenvalue weighted by Gasteiger charge is -2.18. The minimum atomic E-state index is -0.763. The maximum Gasteiger partial charge on any atom is 0.306 e. The molecule has 0 aromatic carbocycles. The van der Waals surface area contributed by atoms with Gasteiger partial charge in [0, 0.05) is 19.3 Å². The lowest BCUT2D eigenvalue weighted by Crippen LogP contribution is -2.30. The molecule has 0 spiro atoms. The van der Waals surface area contributed by atoms with Gasteiger partial charge in [0.15, 0.2) is 6.10 Å². The van der Waals surface area contributed by atoms with E-state index in [-0.39, 0.29) is 31.1 Å². The number of hydrogen-bond donors (Lipinski definition) is 0. The van der Waals surface area contributed by atoms with Gasteiger partial charge < -0.3 is 14.2 Å². The van der Waals surface area contributed by atoms with Crippen molar-refractivity contribution in [1.82, 2.24) is 0 Å². The smallest absolute Gasteiger partial charge is 0.306 e. The largest absolute Gasteiger partial charge is 0.462 e. The molecule has 0 aliphatic rings. The van der Waals surface area contributed by atoms with E-state index in [1.54, 1.807) is 0 Å². The summed E-state index contributed by atoms with van der Waals surface area (Å²) in [5.41, 5.74) is 0. The highest BCUT2D eigenvalue weighted by atomic mass is 16.6. The standard InChI is InChI=1S/C56H108O6/c1-6-9-10-11-12-13-14-15-16-17-18-19-20-21-25-31-36-41-46-54(57)60-49-53(62-56(59)48-43-38-33-28-27-30-35-40-45-52(5)8-3)50-61-55(58)47-42-37-32-26-23-22-24-29-34-39-44-51(4)7-2/h51-53H,6-50H2,1-5H3/t51?,52?,53-/m1/s1. The quantitative estimate of drug-likeness (QED) is 0.0344. The number of ether oxygens (including phenoxy) is 3. The van der Waals surface area contributed by atoms with Crippen LogP contribution in [0.5, 0.6) is 0 Å². The molecule has 6 heteroatoms. The average Bonchev–Trinajstić information content (AvgIpc) is 3.27. The van der Waals surface area contributed by atoms with Gasteiger partial charge in [-0.2, -0.15) is 0 Å². The molecule has 0 aromatic heterocycles. The minimum Gasteiger partial charge on any atom is -0.462 e. The van der Waals surface area contributed by atoms with E-state index in [4.69, 9.17) is 14.2 Å². The molecular formula is C56H108O6. The second kappa shape index (κ2) is 48.9. The van der Waals surface area contributed by atoms with Gasteiger partial charge in [-0.15, -0.1) is 0 Å². The van der Waals surface area contributed by atoms with E-state index >= 15 is 0 Å². The highest BCUT2D eigenvalue weighted by molar-refractivity contribution is 5.71. The van der Waals surface area contributed by atoms with Crippen molar-refractivity contribution in [2.45, 2.75) is 317 Å². The summed E-state index contributed by atoms with van der Waals surface area (Å²) in [5, 5.41) is 0. The third-order valence-corrected chi connectivity index (χ3v) is 13.4. The molecule has 0 rings (SSSR count). The first-order valence-electron chi connectivity index (χ1n) is 27.8. The average molecular weight is 877 g/mol. The highest BCUT2D eigenvalue weighted by Gasteiger charge is 2.19. The Morgan fingerprint density at radius 1 is 0.323 bits per heavy atom. The van der Waals surface area contributed by atoms with Gasteiger partial charge in [-0.05, 0) is 31.1 Å². The molecule has 62 heavy (non-hydrogen) atoms. The molecule has 3 atom stereocenters. The Morgan fingerprint density at radius 3 is 0.839 bits per heavy atom. The van der Waals surface area contributed by atoms with Gasteiger partial charge in [0.1, 0.15) is 13.2 Å². The number of esters is 3. The van der Waals surface area contributed by atoms with Crippen LogP contribution in [0, 0.1) is 11.8 Å². The zero-order chi connectivity index (χ0) is 45.4. The van der Waals surface area contributed by atoms with Gasteiger partial charge in [-0.25, -0.2) is 0 Å². The first-order chi connectivity index (χ1) is 30.3. The van der Waals surface area contributed by atoms with E-state index in [9.17, 15) is 14.4 Å². The van der Waals surface area contributed by atoms with E-state index in [0.717, 1.165) is 69.6 Å². The number of hydrogen-bond acceptors (Lipinski definition) is 6. The normalized spacial score (nSPS) is 12.9. The fourth-order valence-electron chi connectivity index (χ4n) is 8.46. The van der Waals surface area contributed by atoms with Crippen LogP contribution in [0.3, 0.4) is 0 Å². The van der Waals surface area contributed by atoms with Crippen LogP contribution < -0.4 is 0 Å². The van der Waals surface area contributed by atoms with Gasteiger partial charge >= 0.3 is 17.9 Å². The predicted octanol–water partition coefficient (Wildman–Crippen LogP) is 18.1. The fraction of sp³-hybridized carbons (Fsp3) is 0.946. The molecule has 0 radical (unpaired) electrons. The summed E-state index contributed by atoms with van der Waals surface area (Å²) in [6.45, 7) is 11.4. The van der Waals surface area contributed by atoms with Crippen molar-refractivity contribution in [3.63, 3.8) is 0 Å². The second-order valence-corrected chi connectivity index (χ2v) is 19.7. The zero-order valence-electron chi connectivity index (χ0n) is 42.5. The Balaban J connectivity index is 4.28. The summed E-state index contributed by atoms with van der Waals surface area (Å²) >= 11 is 0. The van der Waals surface area contributed by atoms with Gasteiger partial charge in [0.2, 0.25) is 0 Å². The van der Waals surface area contributed by atoms with E-state index in [2.05, 4.69) is 34.6 Å². The van der Waals surface area contributed by atoms with E-state index in [0.29, 0.717) is 19.3 Å². The highest BCUT2D eigenvalue weighted by Crippen LogP contribution is 2.19. The third kappa shape index (κ3) is 46.4. The molecule has 0 N–H and O–H groups in total. The Hall–Kier alpha value is -1.59. The summed E-state index contributed by atoms with van der Waals surface area (Å²) < 4.78 is 16.9. The van der Waals surface area contributed by atoms with Crippen LogP contribution in [0.15, 0.2) is 0 Å². The van der Waals surface area contributed by atoms with Crippen LogP contribution in [0.4, 0.5) is 0 Å². The predicted molar refractivity (Wildman–Crippen MR) is 266 cm³/mol. The van der Waals surface area contributed by atoms with Gasteiger partial charge in [0.25, 0.3) is 0 Å². The number of rotatable bonds is 50. The van der Waals surface area contributed by atoms with Crippen molar-refractivity contribution in [2.24, 2.45) is 11.8 Å². The maximum absolute atomic E-state index is 12.8. The maximum atomic E-state index is 12.8. The van der Waals surface area contributed by atoms with Crippen molar-refractivity contribution >= 4 is 17.9 Å². The Labute approximate surface area is 387 Å². The summed E-state index contributed by atoms with van der Waals surface area (Å²) in [6.07, 6.45) is 50.8. The first kappa shape index (κ1) is 60.4. The first-order valence-corrected chi connectivity index (χ1v) is 27.8. The molecule has 0 saturated heterocycles. The van der Waals surface area contributed by atoms with Gasteiger partial charge in [-0.3, -0.25) is 14.4 Å². The summed E-state index contributed by atoms with van der Waals surface area (Å²) in [4.78, 5) is 38.0. The lowest BCUT2D eigenvalue weighted by atomic mass is 9.99. The molecule has 6 nitrogen and oxygen atoms in total. The molecule has 2 unspecified atom stereocenters. The van der Waals surface area contributed by atoms with Crippen molar-refractivity contribution in [2.75, 3.05) is 13.2 Å². The summed E-state index contributed by atoms with van der Waals surface area (Å²) in [6, 6.07) is 0. The molecule has 0 amide bonds. The van der Waals surface area contributed by atoms with E-state index in [1.807, 2.05) is 0 Å². The van der Waals surface area contributed by atoms with Crippen LogP contribution in [0.1, 0.15) is 311 Å². The molecule has 368 valence electrons. The van der Waals surface area contributed by atoms with Crippen molar-refractivity contribution < 1.29 is 28.6 Å². The monoisotopic (exact) mass is 877 g/mol. The van der Waals surface area contributed by atoms with Gasteiger partial charge in [-0.1, -0.05) is 272 Å². The lowest BCUT2D eigenvalue weighted by molar-refractivity contribution is -0.167. The molecule has 0 aliphatic heterocycles. The Morgan fingerprint density at radius 2 is 0.565 bits per heavy atom. The molecule has 0 heterocycles. The van der Waals surface area contributed by atoms with Crippen molar-refractivity contribution in [3.8, 4) is 0 Å². The van der Waals surface area contributed by atoms with Crippen molar-refractivity contribution in [1.29, 1.82) is 0 Å².